The van der Waals surface area contributed by atoms with Gasteiger partial charge in [-0.2, -0.15) is 0 Å². The predicted molar refractivity (Wildman–Crippen MR) is 128 cm³/mol. The van der Waals surface area contributed by atoms with Gasteiger partial charge in [-0.25, -0.2) is 19.9 Å². The lowest BCUT2D eigenvalue weighted by atomic mass is 10.1. The highest BCUT2D eigenvalue weighted by Gasteiger charge is 2.43. The molecule has 36 heavy (non-hydrogen) atoms. The van der Waals surface area contributed by atoms with Gasteiger partial charge in [0.2, 0.25) is 0 Å². The molecule has 1 fully saturated rings. The van der Waals surface area contributed by atoms with Crippen LogP contribution in [-0.2, 0) is 4.74 Å². The van der Waals surface area contributed by atoms with E-state index >= 15 is 0 Å². The molecule has 0 aliphatic carbocycles. The number of anilines is 1. The first-order valence-corrected chi connectivity index (χ1v) is 11.6. The minimum atomic E-state index is -1.28. The number of ether oxygens (including phenoxy) is 1. The van der Waals surface area contributed by atoms with Crippen LogP contribution in [0.3, 0.4) is 0 Å². The van der Waals surface area contributed by atoms with E-state index in [2.05, 4.69) is 25.3 Å². The molecule has 0 spiro atoms. The van der Waals surface area contributed by atoms with Gasteiger partial charge in [0.1, 0.15) is 35.2 Å². The molecule has 5 rings (SSSR count). The number of nitrogen functional groups attached to an aromatic ring is 1. The number of carbonyl (C=O) groups excluding carboxylic acids is 1. The van der Waals surface area contributed by atoms with E-state index in [1.807, 2.05) is 0 Å². The van der Waals surface area contributed by atoms with Gasteiger partial charge in [-0.3, -0.25) is 9.36 Å². The average Bonchev–Trinajstić information content (AvgIpc) is 3.60. The molecule has 0 radical (unpaired) electrons. The van der Waals surface area contributed by atoms with Crippen molar-refractivity contribution in [3.63, 3.8) is 0 Å². The van der Waals surface area contributed by atoms with Gasteiger partial charge >= 0.3 is 0 Å². The standard InChI is InChI=1S/C22H21N7O6S/c23-18-14-19(27-8-26-18)29(9-28-14)22-17(33)16(32)13(35-22)2-1-3-24-20(34)11-6-10(7-12(30)15(11)31)21-25-4-5-36-21/h1-2,4-9,13,16-17,22,30-33H,3H2,(H,24,34)(H2,23,26,27). The number of hydrogen-bond donors (Lipinski definition) is 6. The molecular formula is C22H21N7O6S. The number of amides is 1. The Labute approximate surface area is 207 Å². The minimum absolute atomic E-state index is 0.0195. The molecule has 1 aliphatic heterocycles. The van der Waals surface area contributed by atoms with Crippen LogP contribution in [0.25, 0.3) is 21.7 Å². The van der Waals surface area contributed by atoms with Gasteiger partial charge in [0.15, 0.2) is 29.2 Å². The number of hydrogen-bond acceptors (Lipinski definition) is 12. The van der Waals surface area contributed by atoms with E-state index in [9.17, 15) is 25.2 Å². The molecule has 1 amide bonds. The van der Waals surface area contributed by atoms with Crippen LogP contribution in [0, 0.1) is 0 Å². The molecule has 0 saturated carbocycles. The van der Waals surface area contributed by atoms with Crippen LogP contribution in [0.2, 0.25) is 0 Å². The number of carbonyl (C=O) groups is 1. The smallest absolute Gasteiger partial charge is 0.255 e. The molecule has 3 aromatic heterocycles. The summed E-state index contributed by atoms with van der Waals surface area (Å²) in [6.07, 6.45) is 2.89. The largest absolute Gasteiger partial charge is 0.504 e. The third-order valence-electron chi connectivity index (χ3n) is 5.66. The number of rotatable bonds is 6. The van der Waals surface area contributed by atoms with Crippen LogP contribution >= 0.6 is 11.3 Å². The third-order valence-corrected chi connectivity index (χ3v) is 6.48. The highest BCUT2D eigenvalue weighted by Crippen LogP contribution is 2.35. The summed E-state index contributed by atoms with van der Waals surface area (Å²) in [7, 11) is 0. The van der Waals surface area contributed by atoms with Gasteiger partial charge in [0.25, 0.3) is 5.91 Å². The molecule has 4 unspecified atom stereocenters. The van der Waals surface area contributed by atoms with E-state index in [4.69, 9.17) is 10.5 Å². The molecule has 1 aromatic carbocycles. The number of aliphatic hydroxyl groups excluding tert-OH is 2. The van der Waals surface area contributed by atoms with E-state index in [1.165, 1.54) is 52.8 Å². The topological polar surface area (TPSA) is 202 Å². The Kier molecular flexibility index (Phi) is 6.24. The quantitative estimate of drug-likeness (QED) is 0.156. The summed E-state index contributed by atoms with van der Waals surface area (Å²) in [5.74, 6) is -1.44. The fraction of sp³-hybridized carbons (Fsp3) is 0.227. The lowest BCUT2D eigenvalue weighted by Crippen LogP contribution is -2.31. The molecular weight excluding hydrogens is 490 g/mol. The molecule has 4 atom stereocenters. The minimum Gasteiger partial charge on any atom is -0.504 e. The van der Waals surface area contributed by atoms with Gasteiger partial charge in [-0.05, 0) is 12.1 Å². The molecule has 4 heterocycles. The first-order chi connectivity index (χ1) is 17.3. The maximum atomic E-state index is 12.6. The predicted octanol–water partition coefficient (Wildman–Crippen LogP) is 0.549. The number of phenolic OH excluding ortho intramolecular Hbond substituents is 2. The summed E-state index contributed by atoms with van der Waals surface area (Å²) in [6, 6.07) is 2.76. The summed E-state index contributed by atoms with van der Waals surface area (Å²) in [5.41, 5.74) is 6.86. The number of aromatic hydroxyl groups is 2. The lowest BCUT2D eigenvalue weighted by molar-refractivity contribution is -0.0245. The van der Waals surface area contributed by atoms with Crippen molar-refractivity contribution < 1.29 is 30.0 Å². The third kappa shape index (κ3) is 4.22. The van der Waals surface area contributed by atoms with Gasteiger partial charge < -0.3 is 36.2 Å². The number of nitrogens with one attached hydrogen (secondary N) is 1. The fourth-order valence-electron chi connectivity index (χ4n) is 3.86. The van der Waals surface area contributed by atoms with Crippen LogP contribution in [0.5, 0.6) is 11.5 Å². The average molecular weight is 512 g/mol. The van der Waals surface area contributed by atoms with Crippen molar-refractivity contribution >= 4 is 34.2 Å². The zero-order valence-electron chi connectivity index (χ0n) is 18.5. The maximum Gasteiger partial charge on any atom is 0.255 e. The first kappa shape index (κ1) is 23.6. The Morgan fingerprint density at radius 1 is 1.19 bits per heavy atom. The molecule has 1 aliphatic rings. The summed E-state index contributed by atoms with van der Waals surface area (Å²) in [6.45, 7) is 0.0195. The summed E-state index contributed by atoms with van der Waals surface area (Å²) < 4.78 is 7.27. The van der Waals surface area contributed by atoms with E-state index in [1.54, 1.807) is 11.6 Å². The van der Waals surface area contributed by atoms with E-state index < -0.39 is 41.9 Å². The van der Waals surface area contributed by atoms with Crippen molar-refractivity contribution in [2.24, 2.45) is 0 Å². The highest BCUT2D eigenvalue weighted by molar-refractivity contribution is 7.13. The van der Waals surface area contributed by atoms with Crippen molar-refractivity contribution in [1.82, 2.24) is 29.8 Å². The summed E-state index contributed by atoms with van der Waals surface area (Å²) in [5, 5.41) is 46.1. The maximum absolute atomic E-state index is 12.6. The van der Waals surface area contributed by atoms with Crippen molar-refractivity contribution in [3.8, 4) is 22.1 Å². The number of thiazole rings is 1. The normalized spacial score (nSPS) is 21.9. The monoisotopic (exact) mass is 511 g/mol. The van der Waals surface area contributed by atoms with Gasteiger partial charge in [-0.15, -0.1) is 11.3 Å². The SMILES string of the molecule is Nc1ncnc2c1ncn2C1OC(C=CCNC(=O)c2cc(-c3nccs3)cc(O)c2O)C(O)C1O. The second-order valence-electron chi connectivity index (χ2n) is 7.92. The molecule has 13 nitrogen and oxygen atoms in total. The van der Waals surface area contributed by atoms with Crippen LogP contribution < -0.4 is 11.1 Å². The van der Waals surface area contributed by atoms with Gasteiger partial charge in [-0.1, -0.05) is 12.2 Å². The number of phenols is 2. The number of aliphatic hydroxyl groups is 2. The Morgan fingerprint density at radius 3 is 2.81 bits per heavy atom. The second-order valence-corrected chi connectivity index (χ2v) is 8.82. The summed E-state index contributed by atoms with van der Waals surface area (Å²) in [4.78, 5) is 28.9. The molecule has 7 N–H and O–H groups in total. The number of nitrogens with zero attached hydrogens (tertiary/aromatic N) is 5. The first-order valence-electron chi connectivity index (χ1n) is 10.7. The Bertz CT molecular complexity index is 1440. The van der Waals surface area contributed by atoms with Crippen molar-refractivity contribution in [2.75, 3.05) is 12.3 Å². The van der Waals surface area contributed by atoms with Crippen molar-refractivity contribution in [1.29, 1.82) is 0 Å². The fourth-order valence-corrected chi connectivity index (χ4v) is 4.49. The Hall–Kier alpha value is -4.11. The number of imidazole rings is 1. The number of fused-ring (bicyclic) bond motifs is 1. The lowest BCUT2D eigenvalue weighted by Gasteiger charge is -2.16. The molecule has 14 heteroatoms. The highest BCUT2D eigenvalue weighted by atomic mass is 32.1. The summed E-state index contributed by atoms with van der Waals surface area (Å²) >= 11 is 1.32. The van der Waals surface area contributed by atoms with Crippen molar-refractivity contribution in [3.05, 3.63) is 54.1 Å². The molecule has 1 saturated heterocycles. The zero-order valence-corrected chi connectivity index (χ0v) is 19.3. The van der Waals surface area contributed by atoms with Crippen molar-refractivity contribution in [2.45, 2.75) is 24.5 Å². The van der Waals surface area contributed by atoms with Gasteiger partial charge in [0, 0.05) is 23.7 Å². The number of aromatic nitrogens is 5. The number of nitrogens with two attached hydrogens (primary N) is 1. The van der Waals surface area contributed by atoms with Crippen LogP contribution in [0.1, 0.15) is 16.6 Å². The van der Waals surface area contributed by atoms with Gasteiger partial charge in [0.05, 0.1) is 11.9 Å². The van der Waals surface area contributed by atoms with Crippen LogP contribution in [0.4, 0.5) is 5.82 Å². The van der Waals surface area contributed by atoms with E-state index in [0.29, 0.717) is 21.7 Å². The Balaban J connectivity index is 1.25. The molecule has 186 valence electrons. The number of benzene rings is 1. The van der Waals surface area contributed by atoms with Crippen LogP contribution in [0.15, 0.2) is 48.5 Å². The van der Waals surface area contributed by atoms with Crippen LogP contribution in [-0.4, -0.2) is 75.7 Å². The molecule has 4 aromatic rings. The van der Waals surface area contributed by atoms with E-state index in [-0.39, 0.29) is 17.9 Å². The Morgan fingerprint density at radius 2 is 2.03 bits per heavy atom. The second kappa shape index (κ2) is 9.50. The molecule has 0 bridgehead atoms. The zero-order chi connectivity index (χ0) is 25.4. The van der Waals surface area contributed by atoms with E-state index in [0.717, 1.165) is 0 Å².